The fraction of sp³-hybridized carbons (Fsp3) is 0.500. The van der Waals surface area contributed by atoms with Crippen molar-refractivity contribution in [2.24, 2.45) is 5.92 Å². The number of carbonyl (C=O) groups is 1. The lowest BCUT2D eigenvalue weighted by atomic mass is 9.77. The Kier molecular flexibility index (Phi) is 8.38. The maximum Gasteiger partial charge on any atom is 0.420 e. The van der Waals surface area contributed by atoms with Crippen LogP contribution in [0.5, 0.6) is 11.5 Å². The van der Waals surface area contributed by atoms with Crippen molar-refractivity contribution in [2.75, 3.05) is 6.61 Å². The molecule has 2 aromatic rings. The summed E-state index contributed by atoms with van der Waals surface area (Å²) in [4.78, 5) is 12.6. The number of halogens is 6. The van der Waals surface area contributed by atoms with Crippen LogP contribution in [0.25, 0.3) is 0 Å². The van der Waals surface area contributed by atoms with Gasteiger partial charge in [-0.05, 0) is 74.3 Å². The Bertz CT molecular complexity index is 1000. The van der Waals surface area contributed by atoms with Gasteiger partial charge in [-0.2, -0.15) is 26.3 Å². The van der Waals surface area contributed by atoms with Crippen LogP contribution in [0.4, 0.5) is 26.3 Å². The zero-order valence-electron chi connectivity index (χ0n) is 19.6. The van der Waals surface area contributed by atoms with Crippen LogP contribution >= 0.6 is 0 Å². The molecule has 3 rings (SSSR count). The van der Waals surface area contributed by atoms with E-state index in [0.717, 1.165) is 49.7 Å². The Labute approximate surface area is 200 Å². The van der Waals surface area contributed by atoms with E-state index in [1.54, 1.807) is 12.1 Å². The standard InChI is InChI=1S/C26H28F6O3/c1-3-5-16-6-8-17(9-7-16)18-10-12-19(13-11-18)24(33)35-21-15-14-20(34-4-2)22(25(27,28)29)23(21)26(30,31)32/h10-17H,3-9H2,1-2H3. The molecule has 1 fully saturated rings. The molecule has 0 radical (unpaired) electrons. The smallest absolute Gasteiger partial charge is 0.420 e. The molecule has 1 aliphatic rings. The molecule has 1 saturated carbocycles. The molecule has 0 unspecified atom stereocenters. The first-order valence-corrected chi connectivity index (χ1v) is 11.7. The Hall–Kier alpha value is -2.71. The van der Waals surface area contributed by atoms with Gasteiger partial charge in [0.1, 0.15) is 22.6 Å². The minimum Gasteiger partial charge on any atom is -0.493 e. The SMILES string of the molecule is CCCC1CCC(c2ccc(C(=O)Oc3ccc(OCC)c(C(F)(F)F)c3C(F)(F)F)cc2)CC1. The topological polar surface area (TPSA) is 35.5 Å². The predicted molar refractivity (Wildman–Crippen MR) is 119 cm³/mol. The van der Waals surface area contributed by atoms with E-state index >= 15 is 0 Å². The van der Waals surface area contributed by atoms with Gasteiger partial charge in [0.25, 0.3) is 0 Å². The summed E-state index contributed by atoms with van der Waals surface area (Å²) in [6, 6.07) is 7.72. The second kappa shape index (κ2) is 10.9. The average molecular weight is 502 g/mol. The van der Waals surface area contributed by atoms with Crippen molar-refractivity contribution >= 4 is 5.97 Å². The molecule has 0 aromatic heterocycles. The van der Waals surface area contributed by atoms with Gasteiger partial charge in [0.2, 0.25) is 0 Å². The largest absolute Gasteiger partial charge is 0.493 e. The first kappa shape index (κ1) is 26.9. The number of rotatable bonds is 7. The van der Waals surface area contributed by atoms with Gasteiger partial charge in [0.15, 0.2) is 0 Å². The van der Waals surface area contributed by atoms with Crippen LogP contribution in [0.2, 0.25) is 0 Å². The molecule has 0 bridgehead atoms. The monoisotopic (exact) mass is 502 g/mol. The number of hydrogen-bond donors (Lipinski definition) is 0. The fourth-order valence-electron chi connectivity index (χ4n) is 4.73. The highest BCUT2D eigenvalue weighted by atomic mass is 19.4. The molecule has 0 heterocycles. The van der Waals surface area contributed by atoms with Gasteiger partial charge in [-0.15, -0.1) is 0 Å². The second-order valence-corrected chi connectivity index (χ2v) is 8.76. The molecular formula is C26H28F6O3. The van der Waals surface area contributed by atoms with E-state index in [4.69, 9.17) is 9.47 Å². The first-order chi connectivity index (χ1) is 16.5. The highest BCUT2D eigenvalue weighted by Gasteiger charge is 2.48. The van der Waals surface area contributed by atoms with Crippen molar-refractivity contribution in [3.63, 3.8) is 0 Å². The normalized spacial score (nSPS) is 18.9. The number of hydrogen-bond acceptors (Lipinski definition) is 3. The lowest BCUT2D eigenvalue weighted by molar-refractivity contribution is -0.163. The molecule has 0 atom stereocenters. The predicted octanol–water partition coefficient (Wildman–Crippen LogP) is 8.42. The van der Waals surface area contributed by atoms with E-state index in [1.165, 1.54) is 25.5 Å². The zero-order chi connectivity index (χ0) is 25.8. The quantitative estimate of drug-likeness (QED) is 0.217. The maximum absolute atomic E-state index is 13.7. The second-order valence-electron chi connectivity index (χ2n) is 8.76. The van der Waals surface area contributed by atoms with Crippen LogP contribution in [0, 0.1) is 5.92 Å². The van der Waals surface area contributed by atoms with Gasteiger partial charge in [-0.3, -0.25) is 0 Å². The number of carbonyl (C=O) groups excluding carboxylic acids is 1. The van der Waals surface area contributed by atoms with E-state index in [1.807, 2.05) is 0 Å². The molecule has 0 amide bonds. The van der Waals surface area contributed by atoms with Crippen molar-refractivity contribution in [1.82, 2.24) is 0 Å². The van der Waals surface area contributed by atoms with Gasteiger partial charge < -0.3 is 9.47 Å². The highest BCUT2D eigenvalue weighted by molar-refractivity contribution is 5.91. The fourth-order valence-corrected chi connectivity index (χ4v) is 4.73. The van der Waals surface area contributed by atoms with Crippen molar-refractivity contribution in [3.05, 3.63) is 58.7 Å². The van der Waals surface area contributed by atoms with Gasteiger partial charge in [0.05, 0.1) is 12.2 Å². The molecule has 1 aliphatic carbocycles. The number of alkyl halides is 6. The van der Waals surface area contributed by atoms with Crippen molar-refractivity contribution < 1.29 is 40.6 Å². The third-order valence-corrected chi connectivity index (χ3v) is 6.36. The van der Waals surface area contributed by atoms with Gasteiger partial charge in [0, 0.05) is 0 Å². The summed E-state index contributed by atoms with van der Waals surface area (Å²) in [5, 5.41) is 0. The summed E-state index contributed by atoms with van der Waals surface area (Å²) in [7, 11) is 0. The maximum atomic E-state index is 13.7. The van der Waals surface area contributed by atoms with E-state index in [9.17, 15) is 31.1 Å². The van der Waals surface area contributed by atoms with Crippen molar-refractivity contribution in [3.8, 4) is 11.5 Å². The summed E-state index contributed by atoms with van der Waals surface area (Å²) in [5.74, 6) is -2.32. The molecule has 0 N–H and O–H groups in total. The minimum atomic E-state index is -5.44. The molecule has 192 valence electrons. The van der Waals surface area contributed by atoms with Crippen LogP contribution < -0.4 is 9.47 Å². The molecule has 2 aromatic carbocycles. The highest BCUT2D eigenvalue weighted by Crippen LogP contribution is 2.49. The van der Waals surface area contributed by atoms with Crippen LogP contribution in [0.15, 0.2) is 36.4 Å². The number of benzene rings is 2. The Balaban J connectivity index is 1.83. The van der Waals surface area contributed by atoms with Crippen molar-refractivity contribution in [2.45, 2.75) is 70.6 Å². The van der Waals surface area contributed by atoms with Gasteiger partial charge in [-0.1, -0.05) is 31.9 Å². The van der Waals surface area contributed by atoms with E-state index in [2.05, 4.69) is 6.92 Å². The molecule has 0 aliphatic heterocycles. The molecule has 0 saturated heterocycles. The van der Waals surface area contributed by atoms with Crippen LogP contribution in [0.1, 0.15) is 85.3 Å². The Morgan fingerprint density at radius 1 is 0.829 bits per heavy atom. The average Bonchev–Trinajstić information content (AvgIpc) is 2.79. The van der Waals surface area contributed by atoms with Crippen LogP contribution in [-0.2, 0) is 12.4 Å². The minimum absolute atomic E-state index is 0.0519. The summed E-state index contributed by atoms with van der Waals surface area (Å²) < 4.78 is 91.4. The molecule has 9 heteroatoms. The summed E-state index contributed by atoms with van der Waals surface area (Å²) >= 11 is 0. The van der Waals surface area contributed by atoms with E-state index in [0.29, 0.717) is 12.0 Å². The third kappa shape index (κ3) is 6.49. The lowest BCUT2D eigenvalue weighted by Crippen LogP contribution is -2.21. The van der Waals surface area contributed by atoms with Crippen LogP contribution in [-0.4, -0.2) is 12.6 Å². The van der Waals surface area contributed by atoms with E-state index < -0.39 is 40.9 Å². The van der Waals surface area contributed by atoms with E-state index in [-0.39, 0.29) is 12.2 Å². The molecule has 3 nitrogen and oxygen atoms in total. The number of ether oxygens (including phenoxy) is 2. The van der Waals surface area contributed by atoms with Crippen molar-refractivity contribution in [1.29, 1.82) is 0 Å². The third-order valence-electron chi connectivity index (χ3n) is 6.36. The first-order valence-electron chi connectivity index (χ1n) is 11.7. The van der Waals surface area contributed by atoms with Gasteiger partial charge in [-0.25, -0.2) is 4.79 Å². The Morgan fingerprint density at radius 2 is 1.37 bits per heavy atom. The molecule has 0 spiro atoms. The summed E-state index contributed by atoms with van der Waals surface area (Å²) in [6.07, 6.45) is -4.15. The van der Waals surface area contributed by atoms with Crippen LogP contribution in [0.3, 0.4) is 0 Å². The zero-order valence-corrected chi connectivity index (χ0v) is 19.6. The van der Waals surface area contributed by atoms with Gasteiger partial charge >= 0.3 is 18.3 Å². The summed E-state index contributed by atoms with van der Waals surface area (Å²) in [5.41, 5.74) is -3.15. The molecule has 35 heavy (non-hydrogen) atoms. The Morgan fingerprint density at radius 3 is 1.89 bits per heavy atom. The lowest BCUT2D eigenvalue weighted by Gasteiger charge is -2.28. The molecular weight excluding hydrogens is 474 g/mol. The number of esters is 1. The summed E-state index contributed by atoms with van der Waals surface area (Å²) in [6.45, 7) is 3.24.